The van der Waals surface area contributed by atoms with E-state index in [0.717, 1.165) is 11.1 Å². The number of tetrazole rings is 1. The van der Waals surface area contributed by atoms with E-state index in [1.54, 1.807) is 31.0 Å². The van der Waals surface area contributed by atoms with E-state index in [9.17, 15) is 4.79 Å². The third-order valence-corrected chi connectivity index (χ3v) is 6.05. The van der Waals surface area contributed by atoms with Crippen LogP contribution in [0.5, 0.6) is 17.2 Å². The Morgan fingerprint density at radius 2 is 1.73 bits per heavy atom. The second-order valence-electron chi connectivity index (χ2n) is 8.35. The van der Waals surface area contributed by atoms with Gasteiger partial charge in [0, 0.05) is 5.70 Å². The molecule has 188 valence electrons. The van der Waals surface area contributed by atoms with Crippen LogP contribution in [0.2, 0.25) is 0 Å². The lowest BCUT2D eigenvalue weighted by atomic mass is 9.94. The summed E-state index contributed by atoms with van der Waals surface area (Å²) in [5.41, 5.74) is 3.43. The first-order valence-electron chi connectivity index (χ1n) is 11.6. The zero-order valence-electron chi connectivity index (χ0n) is 20.6. The number of hydrogen-bond donors (Lipinski definition) is 2. The molecule has 0 aliphatic carbocycles. The van der Waals surface area contributed by atoms with E-state index in [4.69, 9.17) is 14.2 Å². The maximum atomic E-state index is 13.6. The van der Waals surface area contributed by atoms with Gasteiger partial charge in [0.25, 0.3) is 5.91 Å². The smallest absolute Gasteiger partial charge is 0.255 e. The molecular weight excluding hydrogens is 472 g/mol. The molecular formula is C27H26N6O4. The van der Waals surface area contributed by atoms with Gasteiger partial charge in [-0.1, -0.05) is 53.6 Å². The van der Waals surface area contributed by atoms with Crippen LogP contribution in [-0.4, -0.2) is 40.3 Å². The molecule has 0 saturated carbocycles. The Kier molecular flexibility index (Phi) is 6.71. The van der Waals surface area contributed by atoms with Gasteiger partial charge >= 0.3 is 0 Å². The zero-order valence-corrected chi connectivity index (χ0v) is 20.6. The number of aromatic nitrogens is 4. The highest BCUT2D eigenvalue weighted by Crippen LogP contribution is 2.39. The molecule has 2 N–H and O–H groups in total. The Morgan fingerprint density at radius 1 is 0.973 bits per heavy atom. The van der Waals surface area contributed by atoms with Crippen LogP contribution in [0.25, 0.3) is 0 Å². The van der Waals surface area contributed by atoms with Crippen LogP contribution in [0.3, 0.4) is 0 Å². The lowest BCUT2D eigenvalue weighted by molar-refractivity contribution is -0.113. The van der Waals surface area contributed by atoms with Crippen LogP contribution in [0.1, 0.15) is 24.1 Å². The van der Waals surface area contributed by atoms with Crippen LogP contribution >= 0.6 is 0 Å². The highest BCUT2D eigenvalue weighted by molar-refractivity contribution is 6.06. The number of amides is 1. The average Bonchev–Trinajstić information content (AvgIpc) is 3.40. The van der Waals surface area contributed by atoms with Crippen molar-refractivity contribution in [3.05, 3.63) is 95.2 Å². The van der Waals surface area contributed by atoms with E-state index >= 15 is 0 Å². The van der Waals surface area contributed by atoms with Crippen molar-refractivity contribution in [1.82, 2.24) is 20.2 Å². The molecule has 0 radical (unpaired) electrons. The average molecular weight is 499 g/mol. The third-order valence-electron chi connectivity index (χ3n) is 6.05. The molecule has 4 aromatic rings. The topological polar surface area (TPSA) is 112 Å². The fourth-order valence-corrected chi connectivity index (χ4v) is 4.26. The number of benzene rings is 3. The third kappa shape index (κ3) is 4.81. The molecule has 5 rings (SSSR count). The van der Waals surface area contributed by atoms with E-state index in [0.29, 0.717) is 46.8 Å². The van der Waals surface area contributed by atoms with Crippen molar-refractivity contribution in [1.29, 1.82) is 0 Å². The standard InChI is InChI=1S/C27H26N6O4/c1-17-24(26(34)29-20-11-7-8-12-21(20)35-2)25(33-27(28-17)30-31-32-33)19-13-14-22(23(15-19)36-3)37-16-18-9-5-4-6-10-18/h4-15,25H,16H2,1-3H3,(H,29,34)(H,28,30,32)/t25-/m1/s1. The van der Waals surface area contributed by atoms with Gasteiger partial charge in [0.15, 0.2) is 11.5 Å². The normalized spacial score (nSPS) is 14.4. The number of anilines is 2. The molecule has 0 spiro atoms. The summed E-state index contributed by atoms with van der Waals surface area (Å²) in [5.74, 6) is 1.79. The van der Waals surface area contributed by atoms with Gasteiger partial charge < -0.3 is 24.8 Å². The largest absolute Gasteiger partial charge is 0.495 e. The Bertz CT molecular complexity index is 1450. The number of fused-ring (bicyclic) bond motifs is 1. The quantitative estimate of drug-likeness (QED) is 0.372. The van der Waals surface area contributed by atoms with E-state index in [1.165, 1.54) is 0 Å². The maximum Gasteiger partial charge on any atom is 0.255 e. The van der Waals surface area contributed by atoms with Crippen LogP contribution in [0.15, 0.2) is 84.1 Å². The van der Waals surface area contributed by atoms with Gasteiger partial charge in [-0.15, -0.1) is 0 Å². The van der Waals surface area contributed by atoms with Crippen molar-refractivity contribution >= 4 is 17.5 Å². The molecule has 0 bridgehead atoms. The summed E-state index contributed by atoms with van der Waals surface area (Å²) in [6.45, 7) is 2.21. The fraction of sp³-hybridized carbons (Fsp3) is 0.185. The first-order valence-corrected chi connectivity index (χ1v) is 11.6. The summed E-state index contributed by atoms with van der Waals surface area (Å²) >= 11 is 0. The fourth-order valence-electron chi connectivity index (χ4n) is 4.26. The van der Waals surface area contributed by atoms with E-state index in [1.807, 2.05) is 67.6 Å². The number of nitrogens with one attached hydrogen (secondary N) is 2. The SMILES string of the molecule is COc1ccccc1NC(=O)C1=C(C)Nc2nnnn2[C@@H]1c1ccc(OCc2ccccc2)c(OC)c1. The minimum atomic E-state index is -0.613. The Balaban J connectivity index is 1.49. The van der Waals surface area contributed by atoms with Gasteiger partial charge in [0.2, 0.25) is 5.95 Å². The number of allylic oxidation sites excluding steroid dienone is 1. The number of nitrogens with zero attached hydrogens (tertiary/aromatic N) is 4. The molecule has 0 unspecified atom stereocenters. The highest BCUT2D eigenvalue weighted by atomic mass is 16.5. The van der Waals surface area contributed by atoms with Gasteiger partial charge in [0.1, 0.15) is 18.4 Å². The molecule has 37 heavy (non-hydrogen) atoms. The van der Waals surface area contributed by atoms with Gasteiger partial charge in [-0.3, -0.25) is 4.79 Å². The van der Waals surface area contributed by atoms with Gasteiger partial charge in [-0.05, 0) is 52.7 Å². The number of rotatable bonds is 8. The molecule has 2 heterocycles. The molecule has 0 fully saturated rings. The van der Waals surface area contributed by atoms with Crippen molar-refractivity contribution in [2.75, 3.05) is 24.9 Å². The molecule has 3 aromatic carbocycles. The number of carbonyl (C=O) groups is 1. The lowest BCUT2D eigenvalue weighted by Gasteiger charge is -2.28. The van der Waals surface area contributed by atoms with Crippen molar-refractivity contribution in [2.45, 2.75) is 19.6 Å². The Labute approximate surface area is 213 Å². The number of hydrogen-bond acceptors (Lipinski definition) is 8. The Hall–Kier alpha value is -4.86. The van der Waals surface area contributed by atoms with Crippen molar-refractivity contribution < 1.29 is 19.0 Å². The summed E-state index contributed by atoms with van der Waals surface area (Å²) in [4.78, 5) is 13.6. The summed E-state index contributed by atoms with van der Waals surface area (Å²) in [6, 6.07) is 22.0. The maximum absolute atomic E-state index is 13.6. The summed E-state index contributed by atoms with van der Waals surface area (Å²) in [6.07, 6.45) is 0. The number of ether oxygens (including phenoxy) is 3. The first kappa shape index (κ1) is 23.9. The van der Waals surface area contributed by atoms with E-state index < -0.39 is 6.04 Å². The zero-order chi connectivity index (χ0) is 25.8. The molecule has 10 nitrogen and oxygen atoms in total. The minimum absolute atomic E-state index is 0.316. The van der Waals surface area contributed by atoms with Crippen molar-refractivity contribution in [3.8, 4) is 17.2 Å². The number of methoxy groups -OCH3 is 2. The summed E-state index contributed by atoms with van der Waals surface area (Å²) in [5, 5.41) is 18.1. The summed E-state index contributed by atoms with van der Waals surface area (Å²) < 4.78 is 18.6. The van der Waals surface area contributed by atoms with Crippen molar-refractivity contribution in [3.63, 3.8) is 0 Å². The number of carbonyl (C=O) groups excluding carboxylic acids is 1. The van der Waals surface area contributed by atoms with E-state index in [-0.39, 0.29) is 5.91 Å². The molecule has 1 aromatic heterocycles. The predicted octanol–water partition coefficient (Wildman–Crippen LogP) is 4.20. The van der Waals surface area contributed by atoms with Crippen molar-refractivity contribution in [2.24, 2.45) is 0 Å². The molecule has 1 atom stereocenters. The number of para-hydroxylation sites is 2. The molecule has 1 amide bonds. The van der Waals surface area contributed by atoms with Gasteiger partial charge in [-0.2, -0.15) is 4.68 Å². The predicted molar refractivity (Wildman–Crippen MR) is 138 cm³/mol. The van der Waals surface area contributed by atoms with Gasteiger partial charge in [-0.25, -0.2) is 0 Å². The highest BCUT2D eigenvalue weighted by Gasteiger charge is 2.35. The second-order valence-corrected chi connectivity index (χ2v) is 8.35. The first-order chi connectivity index (χ1) is 18.1. The second kappa shape index (κ2) is 10.4. The van der Waals surface area contributed by atoms with Crippen LogP contribution in [0.4, 0.5) is 11.6 Å². The van der Waals surface area contributed by atoms with Crippen LogP contribution < -0.4 is 24.8 Å². The minimum Gasteiger partial charge on any atom is -0.495 e. The molecule has 10 heteroatoms. The summed E-state index contributed by atoms with van der Waals surface area (Å²) in [7, 11) is 3.14. The molecule has 0 saturated heterocycles. The van der Waals surface area contributed by atoms with Crippen LogP contribution in [0, 0.1) is 0 Å². The lowest BCUT2D eigenvalue weighted by Crippen LogP contribution is -2.31. The molecule has 1 aliphatic heterocycles. The van der Waals surface area contributed by atoms with E-state index in [2.05, 4.69) is 26.2 Å². The Morgan fingerprint density at radius 3 is 2.51 bits per heavy atom. The van der Waals surface area contributed by atoms with Crippen LogP contribution in [-0.2, 0) is 11.4 Å². The van der Waals surface area contributed by atoms with Gasteiger partial charge in [0.05, 0.1) is 25.5 Å². The monoisotopic (exact) mass is 498 g/mol. The molecule has 1 aliphatic rings.